The van der Waals surface area contributed by atoms with E-state index in [2.05, 4.69) is 9.71 Å². The molecule has 0 bridgehead atoms. The lowest BCUT2D eigenvalue weighted by atomic mass is 10.1. The van der Waals surface area contributed by atoms with Crippen molar-refractivity contribution >= 4 is 27.3 Å². The number of fused-ring (bicyclic) bond motifs is 1. The van der Waals surface area contributed by atoms with Crippen LogP contribution in [0, 0.1) is 0 Å². The summed E-state index contributed by atoms with van der Waals surface area (Å²) in [5.41, 5.74) is 1.50. The number of benzene rings is 1. The molecule has 0 radical (unpaired) electrons. The molecule has 104 valence electrons. The Labute approximate surface area is 121 Å². The molecule has 0 aliphatic carbocycles. The van der Waals surface area contributed by atoms with Gasteiger partial charge >= 0.3 is 0 Å². The zero-order valence-electron chi connectivity index (χ0n) is 10.3. The summed E-state index contributed by atoms with van der Waals surface area (Å²) >= 11 is 5.65. The largest absolute Gasteiger partial charge is 0.493 e. The van der Waals surface area contributed by atoms with Crippen molar-refractivity contribution in [2.24, 2.45) is 0 Å². The number of nitrogens with zero attached hydrogens (tertiary/aromatic N) is 1. The van der Waals surface area contributed by atoms with E-state index in [1.807, 2.05) is 0 Å². The van der Waals surface area contributed by atoms with E-state index in [9.17, 15) is 8.42 Å². The SMILES string of the molecule is O=S(=O)(Nc1ccc2c(c1)CCO2)c1ccc(Cl)nc1. The molecular formula is C13H11ClN2O3S. The molecule has 3 rings (SSSR count). The van der Waals surface area contributed by atoms with Crippen LogP contribution in [0.1, 0.15) is 5.56 Å². The van der Waals surface area contributed by atoms with E-state index >= 15 is 0 Å². The second-order valence-electron chi connectivity index (χ2n) is 4.34. The van der Waals surface area contributed by atoms with Crippen LogP contribution in [0.3, 0.4) is 0 Å². The maximum Gasteiger partial charge on any atom is 0.263 e. The topological polar surface area (TPSA) is 68.3 Å². The summed E-state index contributed by atoms with van der Waals surface area (Å²) in [6, 6.07) is 8.06. The molecule has 1 aliphatic heterocycles. The standard InChI is InChI=1S/C13H11ClN2O3S/c14-13-4-2-11(8-15-13)20(17,18)16-10-1-3-12-9(7-10)5-6-19-12/h1-4,7-8,16H,5-6H2. The minimum atomic E-state index is -3.66. The summed E-state index contributed by atoms with van der Waals surface area (Å²) < 4.78 is 32.3. The number of ether oxygens (including phenoxy) is 1. The summed E-state index contributed by atoms with van der Waals surface area (Å²) in [7, 11) is -3.66. The molecule has 1 aromatic heterocycles. The molecule has 5 nitrogen and oxygen atoms in total. The Kier molecular flexibility index (Phi) is 3.27. The van der Waals surface area contributed by atoms with Crippen molar-refractivity contribution in [2.75, 3.05) is 11.3 Å². The van der Waals surface area contributed by atoms with Gasteiger partial charge in [0.15, 0.2) is 0 Å². The molecule has 0 spiro atoms. The average Bonchev–Trinajstić information content (AvgIpc) is 2.86. The lowest BCUT2D eigenvalue weighted by Gasteiger charge is -2.09. The maximum absolute atomic E-state index is 12.2. The van der Waals surface area contributed by atoms with E-state index in [0.29, 0.717) is 12.3 Å². The number of hydrogen-bond donors (Lipinski definition) is 1. The first-order valence-electron chi connectivity index (χ1n) is 5.95. The number of sulfonamides is 1. The van der Waals surface area contributed by atoms with Gasteiger partial charge in [-0.1, -0.05) is 11.6 Å². The minimum Gasteiger partial charge on any atom is -0.493 e. The highest BCUT2D eigenvalue weighted by Crippen LogP contribution is 2.28. The fourth-order valence-electron chi connectivity index (χ4n) is 1.99. The fraction of sp³-hybridized carbons (Fsp3) is 0.154. The summed E-state index contributed by atoms with van der Waals surface area (Å²) in [5.74, 6) is 0.807. The van der Waals surface area contributed by atoms with Gasteiger partial charge in [0.25, 0.3) is 10.0 Å². The van der Waals surface area contributed by atoms with Gasteiger partial charge in [0.1, 0.15) is 15.8 Å². The quantitative estimate of drug-likeness (QED) is 0.884. The van der Waals surface area contributed by atoms with Gasteiger partial charge < -0.3 is 4.74 Å². The Morgan fingerprint density at radius 2 is 2.10 bits per heavy atom. The van der Waals surface area contributed by atoms with Crippen molar-refractivity contribution in [3.8, 4) is 5.75 Å². The minimum absolute atomic E-state index is 0.0682. The number of pyridine rings is 1. The van der Waals surface area contributed by atoms with Gasteiger partial charge in [0.05, 0.1) is 6.61 Å². The molecule has 7 heteroatoms. The molecule has 0 atom stereocenters. The monoisotopic (exact) mass is 310 g/mol. The fourth-order valence-corrected chi connectivity index (χ4v) is 3.09. The lowest BCUT2D eigenvalue weighted by Crippen LogP contribution is -2.13. The van der Waals surface area contributed by atoms with Crippen LogP contribution in [0.2, 0.25) is 5.15 Å². The second-order valence-corrected chi connectivity index (χ2v) is 6.41. The number of anilines is 1. The number of nitrogens with one attached hydrogen (secondary N) is 1. The van der Waals surface area contributed by atoms with Crippen LogP contribution >= 0.6 is 11.6 Å². The van der Waals surface area contributed by atoms with Crippen LogP contribution in [0.5, 0.6) is 5.75 Å². The summed E-state index contributed by atoms with van der Waals surface area (Å²) in [5, 5.41) is 0.249. The molecule has 0 saturated heterocycles. The van der Waals surface area contributed by atoms with Crippen LogP contribution in [-0.4, -0.2) is 20.0 Å². The van der Waals surface area contributed by atoms with E-state index < -0.39 is 10.0 Å². The predicted octanol–water partition coefficient (Wildman–Crippen LogP) is 2.47. The Bertz CT molecular complexity index is 745. The van der Waals surface area contributed by atoms with Gasteiger partial charge in [0, 0.05) is 18.3 Å². The third kappa shape index (κ3) is 2.57. The van der Waals surface area contributed by atoms with Crippen molar-refractivity contribution in [1.82, 2.24) is 4.98 Å². The van der Waals surface area contributed by atoms with Gasteiger partial charge in [0.2, 0.25) is 0 Å². The molecular weight excluding hydrogens is 300 g/mol. The van der Waals surface area contributed by atoms with Crippen LogP contribution < -0.4 is 9.46 Å². The van der Waals surface area contributed by atoms with Gasteiger partial charge in [-0.25, -0.2) is 13.4 Å². The normalized spacial score (nSPS) is 13.7. The van der Waals surface area contributed by atoms with Crippen LogP contribution in [0.4, 0.5) is 5.69 Å². The first-order chi connectivity index (χ1) is 9.54. The van der Waals surface area contributed by atoms with E-state index in [4.69, 9.17) is 16.3 Å². The van der Waals surface area contributed by atoms with Gasteiger partial charge in [-0.05, 0) is 35.9 Å². The van der Waals surface area contributed by atoms with E-state index in [1.54, 1.807) is 18.2 Å². The summed E-state index contributed by atoms with van der Waals surface area (Å²) in [4.78, 5) is 3.84. The zero-order valence-corrected chi connectivity index (χ0v) is 11.9. The average molecular weight is 311 g/mol. The first kappa shape index (κ1) is 13.2. The lowest BCUT2D eigenvalue weighted by molar-refractivity contribution is 0.357. The molecule has 0 amide bonds. The highest BCUT2D eigenvalue weighted by Gasteiger charge is 2.17. The predicted molar refractivity (Wildman–Crippen MR) is 75.7 cm³/mol. The van der Waals surface area contributed by atoms with E-state index in [1.165, 1.54) is 18.3 Å². The van der Waals surface area contributed by atoms with Crippen molar-refractivity contribution in [3.63, 3.8) is 0 Å². The second kappa shape index (κ2) is 4.96. The number of halogens is 1. The Morgan fingerprint density at radius 3 is 2.85 bits per heavy atom. The summed E-state index contributed by atoms with van der Waals surface area (Å²) in [6.07, 6.45) is 2.01. The zero-order chi connectivity index (χ0) is 14.2. The Morgan fingerprint density at radius 1 is 1.25 bits per heavy atom. The van der Waals surface area contributed by atoms with E-state index in [0.717, 1.165) is 17.7 Å². The molecule has 0 unspecified atom stereocenters. The molecule has 1 aliphatic rings. The number of rotatable bonds is 3. The van der Waals surface area contributed by atoms with Crippen molar-refractivity contribution < 1.29 is 13.2 Å². The summed E-state index contributed by atoms with van der Waals surface area (Å²) in [6.45, 7) is 0.632. The molecule has 0 fully saturated rings. The smallest absolute Gasteiger partial charge is 0.263 e. The van der Waals surface area contributed by atoms with Crippen LogP contribution in [-0.2, 0) is 16.4 Å². The molecule has 1 N–H and O–H groups in total. The maximum atomic E-state index is 12.2. The molecule has 20 heavy (non-hydrogen) atoms. The van der Waals surface area contributed by atoms with Crippen molar-refractivity contribution in [1.29, 1.82) is 0 Å². The van der Waals surface area contributed by atoms with Crippen molar-refractivity contribution in [2.45, 2.75) is 11.3 Å². The van der Waals surface area contributed by atoms with Crippen LogP contribution in [0.25, 0.3) is 0 Å². The Hall–Kier alpha value is -1.79. The number of aromatic nitrogens is 1. The van der Waals surface area contributed by atoms with Crippen molar-refractivity contribution in [3.05, 3.63) is 47.2 Å². The van der Waals surface area contributed by atoms with Gasteiger partial charge in [-0.3, -0.25) is 4.72 Å². The van der Waals surface area contributed by atoms with Crippen LogP contribution in [0.15, 0.2) is 41.4 Å². The molecule has 2 heterocycles. The third-order valence-electron chi connectivity index (χ3n) is 2.95. The highest BCUT2D eigenvalue weighted by molar-refractivity contribution is 7.92. The molecule has 0 saturated carbocycles. The highest BCUT2D eigenvalue weighted by atomic mass is 35.5. The van der Waals surface area contributed by atoms with Gasteiger partial charge in [-0.2, -0.15) is 0 Å². The number of hydrogen-bond acceptors (Lipinski definition) is 4. The molecule has 1 aromatic carbocycles. The van der Waals surface area contributed by atoms with Gasteiger partial charge in [-0.15, -0.1) is 0 Å². The molecule has 2 aromatic rings. The first-order valence-corrected chi connectivity index (χ1v) is 7.81. The van der Waals surface area contributed by atoms with E-state index in [-0.39, 0.29) is 10.0 Å². The Balaban J connectivity index is 1.88. The third-order valence-corrected chi connectivity index (χ3v) is 4.54.